The maximum Gasteiger partial charge on any atom is 0.272 e. The number of anilines is 1. The van der Waals surface area contributed by atoms with Gasteiger partial charge in [-0.05, 0) is 49.6 Å². The van der Waals surface area contributed by atoms with Crippen molar-refractivity contribution in [3.05, 3.63) is 83.9 Å². The SMILES string of the molecule is CCn1nccc1C(=O)N1CCC2(CC1)CN(c1cccc(F)c1)C2c1ccccc1. The van der Waals surface area contributed by atoms with Gasteiger partial charge in [0.25, 0.3) is 5.91 Å². The Hall–Kier alpha value is -3.15. The molecule has 2 saturated heterocycles. The van der Waals surface area contributed by atoms with Crippen LogP contribution in [0, 0.1) is 11.2 Å². The van der Waals surface area contributed by atoms with E-state index in [1.807, 2.05) is 24.0 Å². The minimum absolute atomic E-state index is 0.0618. The smallest absolute Gasteiger partial charge is 0.272 e. The second-order valence-corrected chi connectivity index (χ2v) is 8.61. The molecule has 2 aliphatic heterocycles. The number of hydrogen-bond donors (Lipinski definition) is 0. The average molecular weight is 419 g/mol. The fourth-order valence-electron chi connectivity index (χ4n) is 5.31. The van der Waals surface area contributed by atoms with Gasteiger partial charge in [-0.15, -0.1) is 0 Å². The van der Waals surface area contributed by atoms with Crippen LogP contribution in [-0.4, -0.2) is 40.2 Å². The number of hydrogen-bond acceptors (Lipinski definition) is 3. The van der Waals surface area contributed by atoms with Crippen molar-refractivity contribution in [3.8, 4) is 0 Å². The molecule has 1 amide bonds. The Labute approximate surface area is 182 Å². The van der Waals surface area contributed by atoms with Gasteiger partial charge in [0.05, 0.1) is 6.04 Å². The van der Waals surface area contributed by atoms with Gasteiger partial charge in [0, 0.05) is 43.5 Å². The van der Waals surface area contributed by atoms with E-state index in [1.165, 1.54) is 11.6 Å². The molecule has 2 aliphatic rings. The molecule has 5 rings (SSSR count). The molecule has 0 aliphatic carbocycles. The fraction of sp³-hybridized carbons (Fsp3) is 0.360. The van der Waals surface area contributed by atoms with Crippen LogP contribution in [0.15, 0.2) is 66.9 Å². The van der Waals surface area contributed by atoms with Crippen molar-refractivity contribution in [3.63, 3.8) is 0 Å². The van der Waals surface area contributed by atoms with E-state index < -0.39 is 0 Å². The van der Waals surface area contributed by atoms with E-state index in [4.69, 9.17) is 0 Å². The Morgan fingerprint density at radius 3 is 2.58 bits per heavy atom. The molecule has 1 spiro atoms. The minimum Gasteiger partial charge on any atom is -0.363 e. The van der Waals surface area contributed by atoms with Crippen LogP contribution in [0.1, 0.15) is 41.9 Å². The molecule has 1 aromatic heterocycles. The van der Waals surface area contributed by atoms with E-state index in [2.05, 4.69) is 34.3 Å². The average Bonchev–Trinajstić information content (AvgIpc) is 3.27. The molecule has 160 valence electrons. The maximum atomic E-state index is 13.9. The van der Waals surface area contributed by atoms with Crippen LogP contribution in [-0.2, 0) is 6.54 Å². The Balaban J connectivity index is 1.38. The number of rotatable bonds is 4. The second kappa shape index (κ2) is 7.84. The molecule has 0 saturated carbocycles. The van der Waals surface area contributed by atoms with E-state index in [-0.39, 0.29) is 23.2 Å². The van der Waals surface area contributed by atoms with E-state index >= 15 is 0 Å². The number of amides is 1. The largest absolute Gasteiger partial charge is 0.363 e. The zero-order chi connectivity index (χ0) is 21.4. The summed E-state index contributed by atoms with van der Waals surface area (Å²) in [7, 11) is 0. The monoisotopic (exact) mass is 418 g/mol. The second-order valence-electron chi connectivity index (χ2n) is 8.61. The molecule has 6 heteroatoms. The lowest BCUT2D eigenvalue weighted by atomic mass is 9.63. The molecular formula is C25H27FN4O. The number of nitrogens with zero attached hydrogens (tertiary/aromatic N) is 4. The highest BCUT2D eigenvalue weighted by Crippen LogP contribution is 2.56. The first kappa shape index (κ1) is 19.8. The number of likely N-dealkylation sites (tertiary alicyclic amines) is 1. The summed E-state index contributed by atoms with van der Waals surface area (Å²) in [4.78, 5) is 17.3. The lowest BCUT2D eigenvalue weighted by molar-refractivity contribution is 0.0264. The first-order valence-electron chi connectivity index (χ1n) is 11.0. The number of carbonyl (C=O) groups excluding carboxylic acids is 1. The third kappa shape index (κ3) is 3.40. The van der Waals surface area contributed by atoms with Crippen molar-refractivity contribution in [2.75, 3.05) is 24.5 Å². The first-order valence-corrected chi connectivity index (χ1v) is 11.0. The zero-order valence-corrected chi connectivity index (χ0v) is 17.7. The van der Waals surface area contributed by atoms with Crippen molar-refractivity contribution >= 4 is 11.6 Å². The van der Waals surface area contributed by atoms with Gasteiger partial charge >= 0.3 is 0 Å². The molecule has 31 heavy (non-hydrogen) atoms. The molecule has 2 aromatic carbocycles. The topological polar surface area (TPSA) is 41.4 Å². The standard InChI is InChI=1S/C25H27FN4O/c1-2-30-22(11-14-27-30)24(31)28-15-12-25(13-16-28)18-29(21-10-6-9-20(26)17-21)23(25)19-7-4-3-5-8-19/h3-11,14,17,23H,2,12-13,15-16,18H2,1H3. The van der Waals surface area contributed by atoms with E-state index in [1.54, 1.807) is 29.1 Å². The third-order valence-electron chi connectivity index (χ3n) is 6.91. The molecule has 1 atom stereocenters. The summed E-state index contributed by atoms with van der Waals surface area (Å²) in [5.74, 6) is -0.148. The molecule has 5 nitrogen and oxygen atoms in total. The molecule has 1 unspecified atom stereocenters. The summed E-state index contributed by atoms with van der Waals surface area (Å²) in [6.07, 6.45) is 3.56. The van der Waals surface area contributed by atoms with Gasteiger partial charge in [0.15, 0.2) is 0 Å². The van der Waals surface area contributed by atoms with Crippen molar-refractivity contribution < 1.29 is 9.18 Å². The number of halogens is 1. The summed E-state index contributed by atoms with van der Waals surface area (Å²) >= 11 is 0. The van der Waals surface area contributed by atoms with Crippen LogP contribution >= 0.6 is 0 Å². The number of benzene rings is 2. The summed E-state index contributed by atoms with van der Waals surface area (Å²) in [6, 6.07) is 19.3. The summed E-state index contributed by atoms with van der Waals surface area (Å²) in [5.41, 5.74) is 2.93. The summed E-state index contributed by atoms with van der Waals surface area (Å²) < 4.78 is 15.7. The normalized spacial score (nSPS) is 20.0. The van der Waals surface area contributed by atoms with Crippen molar-refractivity contribution in [1.29, 1.82) is 0 Å². The highest BCUT2D eigenvalue weighted by molar-refractivity contribution is 5.92. The van der Waals surface area contributed by atoms with Gasteiger partial charge in [0.1, 0.15) is 11.5 Å². The van der Waals surface area contributed by atoms with Gasteiger partial charge in [0.2, 0.25) is 0 Å². The molecule has 0 N–H and O–H groups in total. The fourth-order valence-corrected chi connectivity index (χ4v) is 5.31. The van der Waals surface area contributed by atoms with Crippen LogP contribution in [0.4, 0.5) is 10.1 Å². The molecule has 2 fully saturated rings. The first-order chi connectivity index (χ1) is 15.1. The molecule has 0 bridgehead atoms. The Morgan fingerprint density at radius 1 is 1.10 bits per heavy atom. The van der Waals surface area contributed by atoms with Gasteiger partial charge in [-0.1, -0.05) is 36.4 Å². The van der Waals surface area contributed by atoms with E-state index in [9.17, 15) is 9.18 Å². The Morgan fingerprint density at radius 2 is 1.87 bits per heavy atom. The lowest BCUT2D eigenvalue weighted by Gasteiger charge is -2.61. The number of piperidine rings is 1. The highest BCUT2D eigenvalue weighted by atomic mass is 19.1. The maximum absolute atomic E-state index is 13.9. The summed E-state index contributed by atoms with van der Waals surface area (Å²) in [5, 5.41) is 4.24. The van der Waals surface area contributed by atoms with E-state index in [0.717, 1.165) is 38.2 Å². The predicted octanol–water partition coefficient (Wildman–Crippen LogP) is 4.53. The molecule has 3 heterocycles. The molecule has 3 aromatic rings. The highest BCUT2D eigenvalue weighted by Gasteiger charge is 2.54. The lowest BCUT2D eigenvalue weighted by Crippen LogP contribution is -2.62. The summed E-state index contributed by atoms with van der Waals surface area (Å²) in [6.45, 7) is 5.02. The quantitative estimate of drug-likeness (QED) is 0.625. The van der Waals surface area contributed by atoms with Crippen LogP contribution in [0.2, 0.25) is 0 Å². The van der Waals surface area contributed by atoms with Crippen molar-refractivity contribution in [2.45, 2.75) is 32.4 Å². The number of carbonyl (C=O) groups is 1. The van der Waals surface area contributed by atoms with Crippen LogP contribution in [0.3, 0.4) is 0 Å². The third-order valence-corrected chi connectivity index (χ3v) is 6.91. The zero-order valence-electron chi connectivity index (χ0n) is 17.7. The van der Waals surface area contributed by atoms with Gasteiger partial charge in [-0.25, -0.2) is 4.39 Å². The minimum atomic E-state index is -0.210. The Kier molecular flexibility index (Phi) is 5.00. The molecule has 0 radical (unpaired) electrons. The van der Waals surface area contributed by atoms with E-state index in [0.29, 0.717) is 12.2 Å². The van der Waals surface area contributed by atoms with Gasteiger partial charge in [-0.3, -0.25) is 9.48 Å². The van der Waals surface area contributed by atoms with Crippen molar-refractivity contribution in [1.82, 2.24) is 14.7 Å². The Bertz CT molecular complexity index is 1070. The van der Waals surface area contributed by atoms with Crippen molar-refractivity contribution in [2.24, 2.45) is 5.41 Å². The van der Waals surface area contributed by atoms with Gasteiger partial charge in [-0.2, -0.15) is 5.10 Å². The number of aryl methyl sites for hydroxylation is 1. The molecular weight excluding hydrogens is 391 g/mol. The van der Waals surface area contributed by atoms with Crippen LogP contribution < -0.4 is 4.90 Å². The van der Waals surface area contributed by atoms with Gasteiger partial charge < -0.3 is 9.80 Å². The van der Waals surface area contributed by atoms with Crippen LogP contribution in [0.5, 0.6) is 0 Å². The predicted molar refractivity (Wildman–Crippen MR) is 118 cm³/mol. The van der Waals surface area contributed by atoms with Crippen LogP contribution in [0.25, 0.3) is 0 Å². The number of aromatic nitrogens is 2.